The van der Waals surface area contributed by atoms with Gasteiger partial charge in [0.1, 0.15) is 0 Å². The molecule has 0 atom stereocenters. The van der Waals surface area contributed by atoms with Crippen molar-refractivity contribution >= 4 is 57.7 Å². The van der Waals surface area contributed by atoms with Crippen molar-refractivity contribution in [2.45, 2.75) is 13.5 Å². The third-order valence-corrected chi connectivity index (χ3v) is 8.01. The number of hydrogen-bond donors (Lipinski definition) is 0. The Kier molecular flexibility index (Phi) is 7.81. The molecule has 228 valence electrons. The Morgan fingerprint density at radius 3 is 2.38 bits per heavy atom. The predicted molar refractivity (Wildman–Crippen MR) is 174 cm³/mol. The molecule has 1 aliphatic heterocycles. The Bertz CT molecular complexity index is 2180. The molecule has 5 aromatic rings. The molecular formula is C32H26Cl2N6O5. The number of fused-ring (bicyclic) bond motifs is 1. The summed E-state index contributed by atoms with van der Waals surface area (Å²) in [5.41, 5.74) is 2.22. The molecule has 0 spiro atoms. The summed E-state index contributed by atoms with van der Waals surface area (Å²) in [4.78, 5) is 43.8. The lowest BCUT2D eigenvalue weighted by Crippen LogP contribution is -2.37. The zero-order chi connectivity index (χ0) is 32.0. The predicted octanol–water partition coefficient (Wildman–Crippen LogP) is 5.40. The second-order valence-corrected chi connectivity index (χ2v) is 11.1. The Morgan fingerprint density at radius 2 is 1.67 bits per heavy atom. The molecule has 11 nitrogen and oxygen atoms in total. The lowest BCUT2D eigenvalue weighted by atomic mass is 10.1. The minimum absolute atomic E-state index is 0.0335. The number of ether oxygens (including phenoxy) is 2. The van der Waals surface area contributed by atoms with Gasteiger partial charge in [0.15, 0.2) is 22.7 Å². The summed E-state index contributed by atoms with van der Waals surface area (Å²) in [6.45, 7) is 1.87. The molecule has 13 heteroatoms. The van der Waals surface area contributed by atoms with E-state index in [9.17, 15) is 14.4 Å². The Balaban J connectivity index is 1.40. The fraction of sp³-hybridized carbons (Fsp3) is 0.156. The number of carbonyl (C=O) groups is 1. The summed E-state index contributed by atoms with van der Waals surface area (Å²) >= 11 is 12.6. The summed E-state index contributed by atoms with van der Waals surface area (Å²) in [5, 5.41) is 6.65. The van der Waals surface area contributed by atoms with Crippen LogP contribution in [0.3, 0.4) is 0 Å². The van der Waals surface area contributed by atoms with Gasteiger partial charge >= 0.3 is 11.7 Å². The molecule has 0 aliphatic carbocycles. The van der Waals surface area contributed by atoms with E-state index in [1.807, 2.05) is 30.3 Å². The number of nitrogens with zero attached hydrogens (tertiary/aromatic N) is 6. The van der Waals surface area contributed by atoms with E-state index < -0.39 is 11.2 Å². The molecule has 1 aliphatic rings. The topological polar surface area (TPSA) is 113 Å². The van der Waals surface area contributed by atoms with Crippen LogP contribution in [0.5, 0.6) is 17.5 Å². The van der Waals surface area contributed by atoms with Gasteiger partial charge in [0.05, 0.1) is 30.6 Å². The fourth-order valence-corrected chi connectivity index (χ4v) is 5.49. The summed E-state index contributed by atoms with van der Waals surface area (Å²) < 4.78 is 15.7. The molecule has 2 aromatic heterocycles. The first-order valence-corrected chi connectivity index (χ1v) is 14.5. The summed E-state index contributed by atoms with van der Waals surface area (Å²) in [7, 11) is 4.41. The van der Waals surface area contributed by atoms with Crippen molar-refractivity contribution in [2.24, 2.45) is 19.2 Å². The van der Waals surface area contributed by atoms with Crippen LogP contribution < -0.4 is 25.7 Å². The van der Waals surface area contributed by atoms with Gasteiger partial charge in [-0.05, 0) is 60.5 Å². The number of benzene rings is 3. The molecule has 1 amide bonds. The number of para-hydroxylation sites is 1. The van der Waals surface area contributed by atoms with Gasteiger partial charge in [-0.2, -0.15) is 15.1 Å². The molecule has 45 heavy (non-hydrogen) atoms. The van der Waals surface area contributed by atoms with Crippen molar-refractivity contribution in [3.8, 4) is 17.5 Å². The maximum Gasteiger partial charge on any atom is 0.332 e. The van der Waals surface area contributed by atoms with E-state index in [-0.39, 0.29) is 35.4 Å². The second kappa shape index (κ2) is 11.8. The largest absolute Gasteiger partial charge is 0.493 e. The molecule has 0 bridgehead atoms. The SMILES string of the molecule is COc1cc(/C=C2/C(=O)N(c3ccccc3)N=C2C)ccc1Oc1nc2c(c(=O)n(C)c(=O)n2C)n1Cc1ccc(Cl)cc1Cl. The zero-order valence-corrected chi connectivity index (χ0v) is 26.1. The average Bonchev–Trinajstić information content (AvgIpc) is 3.53. The number of amides is 1. The fourth-order valence-electron chi connectivity index (χ4n) is 5.02. The third-order valence-electron chi connectivity index (χ3n) is 7.42. The van der Waals surface area contributed by atoms with Crippen LogP contribution >= 0.6 is 23.2 Å². The molecule has 0 N–H and O–H groups in total. The minimum atomic E-state index is -0.544. The van der Waals surface area contributed by atoms with Crippen LogP contribution in [-0.4, -0.2) is 37.4 Å². The number of hydrogen-bond acceptors (Lipinski definition) is 7. The summed E-state index contributed by atoms with van der Waals surface area (Å²) in [6, 6.07) is 19.4. The molecule has 0 saturated heterocycles. The highest BCUT2D eigenvalue weighted by Crippen LogP contribution is 2.35. The second-order valence-electron chi connectivity index (χ2n) is 10.3. The maximum absolute atomic E-state index is 13.3. The van der Waals surface area contributed by atoms with Gasteiger partial charge in [-0.3, -0.25) is 23.3 Å². The highest BCUT2D eigenvalue weighted by Gasteiger charge is 2.29. The minimum Gasteiger partial charge on any atom is -0.493 e. The van der Waals surface area contributed by atoms with Crippen molar-refractivity contribution in [2.75, 3.05) is 12.1 Å². The third kappa shape index (κ3) is 5.41. The van der Waals surface area contributed by atoms with Gasteiger partial charge in [0.25, 0.3) is 11.5 Å². The quantitative estimate of drug-likeness (QED) is 0.219. The van der Waals surface area contributed by atoms with Gasteiger partial charge in [0, 0.05) is 24.1 Å². The zero-order valence-electron chi connectivity index (χ0n) is 24.6. The first-order valence-electron chi connectivity index (χ1n) is 13.7. The van der Waals surface area contributed by atoms with E-state index >= 15 is 0 Å². The Labute approximate surface area is 266 Å². The van der Waals surface area contributed by atoms with Crippen molar-refractivity contribution in [1.82, 2.24) is 18.7 Å². The van der Waals surface area contributed by atoms with Crippen molar-refractivity contribution < 1.29 is 14.3 Å². The van der Waals surface area contributed by atoms with Gasteiger partial charge in [-0.1, -0.05) is 53.5 Å². The number of methoxy groups -OCH3 is 1. The summed E-state index contributed by atoms with van der Waals surface area (Å²) in [5.74, 6) is 0.378. The maximum atomic E-state index is 13.3. The molecule has 0 saturated carbocycles. The number of halogens is 2. The number of rotatable bonds is 7. The van der Waals surface area contributed by atoms with E-state index in [1.54, 1.807) is 54.0 Å². The number of hydrazone groups is 1. The Morgan fingerprint density at radius 1 is 0.911 bits per heavy atom. The average molecular weight is 646 g/mol. The van der Waals surface area contributed by atoms with E-state index in [2.05, 4.69) is 10.1 Å². The summed E-state index contributed by atoms with van der Waals surface area (Å²) in [6.07, 6.45) is 1.73. The van der Waals surface area contributed by atoms with Crippen molar-refractivity contribution in [1.29, 1.82) is 0 Å². The van der Waals surface area contributed by atoms with Crippen LogP contribution in [0.1, 0.15) is 18.1 Å². The molecule has 3 aromatic carbocycles. The number of imidazole rings is 1. The molecule has 0 unspecified atom stereocenters. The first kappa shape index (κ1) is 29.9. The van der Waals surface area contributed by atoms with Crippen LogP contribution in [0.2, 0.25) is 10.0 Å². The lowest BCUT2D eigenvalue weighted by molar-refractivity contribution is -0.114. The number of aryl methyl sites for hydroxylation is 1. The van der Waals surface area contributed by atoms with E-state index in [0.717, 1.165) is 4.57 Å². The van der Waals surface area contributed by atoms with Gasteiger partial charge in [-0.25, -0.2) is 4.79 Å². The van der Waals surface area contributed by atoms with Crippen LogP contribution in [0.4, 0.5) is 5.69 Å². The molecule has 0 radical (unpaired) electrons. The number of carbonyl (C=O) groups excluding carboxylic acids is 1. The Hall–Kier alpha value is -5.13. The van der Waals surface area contributed by atoms with Crippen LogP contribution in [-0.2, 0) is 25.4 Å². The van der Waals surface area contributed by atoms with E-state index in [4.69, 9.17) is 32.7 Å². The van der Waals surface area contributed by atoms with Gasteiger partial charge in [-0.15, -0.1) is 0 Å². The normalized spacial score (nSPS) is 14.0. The van der Waals surface area contributed by atoms with E-state index in [0.29, 0.717) is 43.9 Å². The van der Waals surface area contributed by atoms with Crippen molar-refractivity contribution in [3.63, 3.8) is 0 Å². The van der Waals surface area contributed by atoms with Gasteiger partial charge in [0.2, 0.25) is 0 Å². The highest BCUT2D eigenvalue weighted by atomic mass is 35.5. The number of anilines is 1. The molecule has 0 fully saturated rings. The van der Waals surface area contributed by atoms with Gasteiger partial charge < -0.3 is 9.47 Å². The lowest BCUT2D eigenvalue weighted by Gasteiger charge is -2.14. The molecular weight excluding hydrogens is 619 g/mol. The van der Waals surface area contributed by atoms with Crippen LogP contribution in [0, 0.1) is 0 Å². The van der Waals surface area contributed by atoms with E-state index in [1.165, 1.54) is 30.8 Å². The molecule has 6 rings (SSSR count). The van der Waals surface area contributed by atoms with Crippen LogP contribution in [0.15, 0.2) is 87.0 Å². The monoisotopic (exact) mass is 644 g/mol. The highest BCUT2D eigenvalue weighted by molar-refractivity contribution is 6.35. The standard InChI is InChI=1S/C32H26Cl2N6O5/c1-18-23(29(41)40(36-18)22-8-6-5-7-9-22)14-19-10-13-25(26(15-19)44-4)45-31-35-28-27(30(42)38(3)32(43)37(28)2)39(31)17-20-11-12-21(33)16-24(20)34/h5-16H,17H2,1-4H3/b23-14+. The number of aromatic nitrogens is 4. The smallest absolute Gasteiger partial charge is 0.332 e. The molecule has 3 heterocycles. The first-order chi connectivity index (χ1) is 21.6. The van der Waals surface area contributed by atoms with Crippen molar-refractivity contribution in [3.05, 3.63) is 114 Å². The van der Waals surface area contributed by atoms with Crippen LogP contribution in [0.25, 0.3) is 17.2 Å².